The van der Waals surface area contributed by atoms with Crippen molar-refractivity contribution in [1.29, 1.82) is 0 Å². The Labute approximate surface area is 115 Å². The molecule has 0 saturated heterocycles. The second-order valence-electron chi connectivity index (χ2n) is 5.04. The fraction of sp³-hybridized carbons (Fsp3) is 0.562. The Kier molecular flexibility index (Phi) is 7.01. The standard InChI is InChI=1S/C16H24O3/c1-2-3-4-5-6-7-8-15(16(18)19)13-9-11-14(17)12-10-13/h9-12,15,17H,2-8H2,1H3,(H,18,19). The largest absolute Gasteiger partial charge is 0.508 e. The summed E-state index contributed by atoms with van der Waals surface area (Å²) < 4.78 is 0. The van der Waals surface area contributed by atoms with Crippen LogP contribution < -0.4 is 0 Å². The molecule has 1 atom stereocenters. The normalized spacial score (nSPS) is 12.3. The number of hydrogen-bond acceptors (Lipinski definition) is 2. The van der Waals surface area contributed by atoms with Gasteiger partial charge in [0.15, 0.2) is 0 Å². The topological polar surface area (TPSA) is 57.5 Å². The van der Waals surface area contributed by atoms with E-state index in [1.807, 2.05) is 0 Å². The van der Waals surface area contributed by atoms with Crippen molar-refractivity contribution in [3.63, 3.8) is 0 Å². The van der Waals surface area contributed by atoms with Gasteiger partial charge < -0.3 is 10.2 Å². The molecule has 1 unspecified atom stereocenters. The number of carboxylic acid groups (broad SMARTS) is 1. The van der Waals surface area contributed by atoms with Gasteiger partial charge in [-0.05, 0) is 24.1 Å². The molecule has 0 amide bonds. The average Bonchev–Trinajstić information content (AvgIpc) is 2.39. The van der Waals surface area contributed by atoms with E-state index in [1.165, 1.54) is 25.7 Å². The average molecular weight is 264 g/mol. The Morgan fingerprint density at radius 1 is 1.05 bits per heavy atom. The van der Waals surface area contributed by atoms with Crippen LogP contribution in [0.4, 0.5) is 0 Å². The molecule has 0 spiro atoms. The molecule has 2 N–H and O–H groups in total. The zero-order chi connectivity index (χ0) is 14.1. The third-order valence-corrected chi connectivity index (χ3v) is 3.44. The fourth-order valence-electron chi connectivity index (χ4n) is 2.27. The molecule has 19 heavy (non-hydrogen) atoms. The van der Waals surface area contributed by atoms with Crippen LogP contribution in [0.25, 0.3) is 0 Å². The quantitative estimate of drug-likeness (QED) is 0.653. The predicted octanol–water partition coefficient (Wildman–Crippen LogP) is 4.31. The van der Waals surface area contributed by atoms with Crippen LogP contribution in [0.15, 0.2) is 24.3 Å². The second-order valence-corrected chi connectivity index (χ2v) is 5.04. The first-order chi connectivity index (χ1) is 9.15. The van der Waals surface area contributed by atoms with Crippen LogP contribution in [0.5, 0.6) is 5.75 Å². The first-order valence-electron chi connectivity index (χ1n) is 7.17. The first kappa shape index (κ1) is 15.5. The summed E-state index contributed by atoms with van der Waals surface area (Å²) in [6.45, 7) is 2.19. The van der Waals surface area contributed by atoms with Crippen LogP contribution in [0.3, 0.4) is 0 Å². The van der Waals surface area contributed by atoms with E-state index in [2.05, 4.69) is 6.92 Å². The lowest BCUT2D eigenvalue weighted by molar-refractivity contribution is -0.139. The van der Waals surface area contributed by atoms with Crippen molar-refractivity contribution in [2.45, 2.75) is 57.8 Å². The minimum Gasteiger partial charge on any atom is -0.508 e. The highest BCUT2D eigenvalue weighted by atomic mass is 16.4. The van der Waals surface area contributed by atoms with Gasteiger partial charge in [0.25, 0.3) is 0 Å². The van der Waals surface area contributed by atoms with Gasteiger partial charge >= 0.3 is 5.97 Å². The molecule has 1 rings (SSSR count). The van der Waals surface area contributed by atoms with Crippen LogP contribution >= 0.6 is 0 Å². The third-order valence-electron chi connectivity index (χ3n) is 3.44. The highest BCUT2D eigenvalue weighted by molar-refractivity contribution is 5.76. The van der Waals surface area contributed by atoms with Gasteiger partial charge in [0, 0.05) is 0 Å². The van der Waals surface area contributed by atoms with Crippen LogP contribution in [0, 0.1) is 0 Å². The van der Waals surface area contributed by atoms with Crippen LogP contribution in [0.2, 0.25) is 0 Å². The summed E-state index contributed by atoms with van der Waals surface area (Å²) >= 11 is 0. The maximum absolute atomic E-state index is 11.3. The molecule has 0 radical (unpaired) electrons. The van der Waals surface area contributed by atoms with E-state index in [4.69, 9.17) is 0 Å². The zero-order valence-corrected chi connectivity index (χ0v) is 11.6. The minimum atomic E-state index is -0.778. The van der Waals surface area contributed by atoms with Gasteiger partial charge in [0.05, 0.1) is 5.92 Å². The monoisotopic (exact) mass is 264 g/mol. The van der Waals surface area contributed by atoms with Gasteiger partial charge in [-0.25, -0.2) is 0 Å². The lowest BCUT2D eigenvalue weighted by Crippen LogP contribution is -2.11. The van der Waals surface area contributed by atoms with Crippen LogP contribution in [0.1, 0.15) is 63.4 Å². The van der Waals surface area contributed by atoms with Crippen molar-refractivity contribution in [3.8, 4) is 5.75 Å². The Balaban J connectivity index is 2.41. The predicted molar refractivity (Wildman–Crippen MR) is 76.5 cm³/mol. The maximum Gasteiger partial charge on any atom is 0.310 e. The van der Waals surface area contributed by atoms with E-state index >= 15 is 0 Å². The molecule has 0 aromatic heterocycles. The van der Waals surface area contributed by atoms with E-state index in [0.29, 0.717) is 6.42 Å². The van der Waals surface area contributed by atoms with Gasteiger partial charge in [-0.2, -0.15) is 0 Å². The lowest BCUT2D eigenvalue weighted by Gasteiger charge is -2.12. The Morgan fingerprint density at radius 2 is 1.63 bits per heavy atom. The van der Waals surface area contributed by atoms with Crippen molar-refractivity contribution in [2.24, 2.45) is 0 Å². The number of phenols is 1. The molecule has 0 aliphatic rings. The van der Waals surface area contributed by atoms with Crippen molar-refractivity contribution in [2.75, 3.05) is 0 Å². The number of rotatable bonds is 9. The molecule has 0 bridgehead atoms. The van der Waals surface area contributed by atoms with E-state index in [-0.39, 0.29) is 5.75 Å². The minimum absolute atomic E-state index is 0.174. The summed E-state index contributed by atoms with van der Waals surface area (Å²) in [5.74, 6) is -1.06. The summed E-state index contributed by atoms with van der Waals surface area (Å²) in [5.41, 5.74) is 0.777. The molecule has 1 aromatic rings. The van der Waals surface area contributed by atoms with Gasteiger partial charge in [-0.15, -0.1) is 0 Å². The summed E-state index contributed by atoms with van der Waals surface area (Å²) in [6, 6.07) is 6.50. The number of carbonyl (C=O) groups is 1. The second kappa shape index (κ2) is 8.57. The Morgan fingerprint density at radius 3 is 2.21 bits per heavy atom. The van der Waals surface area contributed by atoms with Gasteiger partial charge in [0.2, 0.25) is 0 Å². The van der Waals surface area contributed by atoms with Gasteiger partial charge in [-0.1, -0.05) is 57.6 Å². The number of benzene rings is 1. The van der Waals surface area contributed by atoms with E-state index in [0.717, 1.165) is 18.4 Å². The zero-order valence-electron chi connectivity index (χ0n) is 11.6. The summed E-state index contributed by atoms with van der Waals surface area (Å²) in [7, 11) is 0. The molecule has 3 heteroatoms. The van der Waals surface area contributed by atoms with Crippen LogP contribution in [-0.4, -0.2) is 16.2 Å². The molecule has 0 heterocycles. The van der Waals surface area contributed by atoms with Crippen molar-refractivity contribution in [1.82, 2.24) is 0 Å². The molecule has 0 fully saturated rings. The van der Waals surface area contributed by atoms with Crippen LogP contribution in [-0.2, 0) is 4.79 Å². The molecular weight excluding hydrogens is 240 g/mol. The van der Waals surface area contributed by atoms with E-state index in [1.54, 1.807) is 24.3 Å². The van der Waals surface area contributed by atoms with Gasteiger partial charge in [0.1, 0.15) is 5.75 Å². The number of carboxylic acids is 1. The number of aliphatic carboxylic acids is 1. The van der Waals surface area contributed by atoms with Crippen molar-refractivity contribution < 1.29 is 15.0 Å². The molecule has 0 saturated carbocycles. The highest BCUT2D eigenvalue weighted by Crippen LogP contribution is 2.25. The Bertz CT molecular complexity index is 370. The molecular formula is C16H24O3. The van der Waals surface area contributed by atoms with E-state index < -0.39 is 11.9 Å². The Hall–Kier alpha value is -1.51. The van der Waals surface area contributed by atoms with Gasteiger partial charge in [-0.3, -0.25) is 4.79 Å². The number of aromatic hydroxyl groups is 1. The molecule has 3 nitrogen and oxygen atoms in total. The van der Waals surface area contributed by atoms with Crippen molar-refractivity contribution in [3.05, 3.63) is 29.8 Å². The third kappa shape index (κ3) is 5.77. The molecule has 1 aromatic carbocycles. The fourth-order valence-corrected chi connectivity index (χ4v) is 2.27. The SMILES string of the molecule is CCCCCCCCC(C(=O)O)c1ccc(O)cc1. The molecule has 0 aliphatic carbocycles. The molecule has 106 valence electrons. The van der Waals surface area contributed by atoms with E-state index in [9.17, 15) is 15.0 Å². The smallest absolute Gasteiger partial charge is 0.310 e. The highest BCUT2D eigenvalue weighted by Gasteiger charge is 2.18. The summed E-state index contributed by atoms with van der Waals surface area (Å²) in [6.07, 6.45) is 7.64. The lowest BCUT2D eigenvalue weighted by atomic mass is 9.93. The number of hydrogen-bond donors (Lipinski definition) is 2. The summed E-state index contributed by atoms with van der Waals surface area (Å²) in [5, 5.41) is 18.5. The number of unbranched alkanes of at least 4 members (excludes halogenated alkanes) is 5. The number of phenolic OH excluding ortho intramolecular Hbond substituents is 1. The summed E-state index contributed by atoms with van der Waals surface area (Å²) in [4.78, 5) is 11.3. The first-order valence-corrected chi connectivity index (χ1v) is 7.17. The maximum atomic E-state index is 11.3. The molecule has 0 aliphatic heterocycles. The van der Waals surface area contributed by atoms with Crippen molar-refractivity contribution >= 4 is 5.97 Å².